The number of rotatable bonds is 5. The minimum Gasteiger partial charge on any atom is -0.508 e. The van der Waals surface area contributed by atoms with Gasteiger partial charge in [0.2, 0.25) is 0 Å². The van der Waals surface area contributed by atoms with Gasteiger partial charge in [-0.05, 0) is 72.4 Å². The molecule has 2 unspecified atom stereocenters. The number of hydrogen-bond donors (Lipinski definition) is 3. The van der Waals surface area contributed by atoms with Crippen molar-refractivity contribution in [3.8, 4) is 16.9 Å². The van der Waals surface area contributed by atoms with Crippen LogP contribution in [-0.4, -0.2) is 27.3 Å². The summed E-state index contributed by atoms with van der Waals surface area (Å²) in [7, 11) is 0. The van der Waals surface area contributed by atoms with Gasteiger partial charge >= 0.3 is 0 Å². The van der Waals surface area contributed by atoms with Gasteiger partial charge < -0.3 is 10.4 Å². The molecule has 2 heterocycles. The molecule has 2 aromatic carbocycles. The largest absolute Gasteiger partial charge is 0.508 e. The van der Waals surface area contributed by atoms with Crippen molar-refractivity contribution in [3.63, 3.8) is 0 Å². The predicted octanol–water partition coefficient (Wildman–Crippen LogP) is 3.94. The van der Waals surface area contributed by atoms with Gasteiger partial charge in [-0.3, -0.25) is 19.9 Å². The molecule has 5 rings (SSSR count). The van der Waals surface area contributed by atoms with Gasteiger partial charge in [0, 0.05) is 36.0 Å². The molecule has 6 heteroatoms. The summed E-state index contributed by atoms with van der Waals surface area (Å²) in [5.41, 5.74) is 3.22. The maximum Gasteiger partial charge on any atom is 0.251 e. The molecule has 1 aliphatic carbocycles. The number of hydrogen-bond acceptors (Lipinski definition) is 5. The van der Waals surface area contributed by atoms with Gasteiger partial charge in [0.15, 0.2) is 5.78 Å². The molecule has 1 amide bonds. The van der Waals surface area contributed by atoms with Gasteiger partial charge in [0.25, 0.3) is 5.91 Å². The monoisotopic (exact) mass is 441 g/mol. The number of nitrogens with one attached hydrogen (secondary N) is 2. The summed E-state index contributed by atoms with van der Waals surface area (Å²) >= 11 is 0. The van der Waals surface area contributed by atoms with Gasteiger partial charge in [0.05, 0.1) is 0 Å². The SMILES string of the molecule is CC1C(=O)C(C)(c2cccc(-c3cc(O)ccc3CNC(=O)c3ccncc3)c2)NC12CC2. The van der Waals surface area contributed by atoms with E-state index in [1.165, 1.54) is 0 Å². The molecule has 6 nitrogen and oxygen atoms in total. The lowest BCUT2D eigenvalue weighted by atomic mass is 9.84. The maximum atomic E-state index is 13.2. The first-order chi connectivity index (χ1) is 15.8. The Morgan fingerprint density at radius 2 is 1.91 bits per heavy atom. The molecular weight excluding hydrogens is 414 g/mol. The summed E-state index contributed by atoms with van der Waals surface area (Å²) < 4.78 is 0. The fourth-order valence-corrected chi connectivity index (χ4v) is 5.02. The number of benzene rings is 2. The summed E-state index contributed by atoms with van der Waals surface area (Å²) in [4.78, 5) is 29.7. The van der Waals surface area contributed by atoms with E-state index >= 15 is 0 Å². The van der Waals surface area contributed by atoms with Crippen LogP contribution in [0.4, 0.5) is 0 Å². The van der Waals surface area contributed by atoms with E-state index in [2.05, 4.69) is 15.6 Å². The number of phenolic OH excluding ortho intramolecular Hbond substituents is 1. The van der Waals surface area contributed by atoms with Crippen LogP contribution in [0.25, 0.3) is 11.1 Å². The summed E-state index contributed by atoms with van der Waals surface area (Å²) in [6, 6.07) is 16.4. The van der Waals surface area contributed by atoms with Crippen LogP contribution in [0.3, 0.4) is 0 Å². The van der Waals surface area contributed by atoms with Crippen LogP contribution in [0.15, 0.2) is 67.0 Å². The van der Waals surface area contributed by atoms with Crippen molar-refractivity contribution in [2.45, 2.75) is 44.3 Å². The fourth-order valence-electron chi connectivity index (χ4n) is 5.02. The van der Waals surface area contributed by atoms with Crippen LogP contribution in [-0.2, 0) is 16.9 Å². The fraction of sp³-hybridized carbons (Fsp3) is 0.296. The molecule has 2 aliphatic rings. The number of pyridine rings is 1. The molecule has 3 aromatic rings. The van der Waals surface area contributed by atoms with Crippen LogP contribution >= 0.6 is 0 Å². The van der Waals surface area contributed by atoms with E-state index in [1.807, 2.05) is 44.2 Å². The van der Waals surface area contributed by atoms with Crippen molar-refractivity contribution in [1.82, 2.24) is 15.6 Å². The van der Waals surface area contributed by atoms with Crippen LogP contribution in [0.5, 0.6) is 5.75 Å². The Morgan fingerprint density at radius 1 is 1.15 bits per heavy atom. The van der Waals surface area contributed by atoms with Gasteiger partial charge in [-0.2, -0.15) is 0 Å². The van der Waals surface area contributed by atoms with Gasteiger partial charge in [-0.15, -0.1) is 0 Å². The maximum absolute atomic E-state index is 13.2. The Kier molecular flexibility index (Phi) is 5.05. The second kappa shape index (κ2) is 7.81. The Labute approximate surface area is 193 Å². The highest BCUT2D eigenvalue weighted by atomic mass is 16.3. The number of nitrogens with zero attached hydrogens (tertiary/aromatic N) is 1. The van der Waals surface area contributed by atoms with Crippen molar-refractivity contribution in [1.29, 1.82) is 0 Å². The number of aromatic hydroxyl groups is 1. The van der Waals surface area contributed by atoms with E-state index in [4.69, 9.17) is 0 Å². The number of amides is 1. The standard InChI is InChI=1S/C27H27N3O3/c1-17-24(32)26(2,30-27(17)10-11-27)21-5-3-4-19(14-21)23-15-22(31)7-6-20(23)16-29-25(33)18-8-12-28-13-9-18/h3-9,12-15,17,30-31H,10-11,16H2,1-2H3,(H,29,33). The first kappa shape index (κ1) is 21.3. The van der Waals surface area contributed by atoms with Crippen molar-refractivity contribution < 1.29 is 14.7 Å². The first-order valence-electron chi connectivity index (χ1n) is 11.3. The summed E-state index contributed by atoms with van der Waals surface area (Å²) in [5, 5.41) is 16.8. The van der Waals surface area contributed by atoms with Gasteiger partial charge in [-0.1, -0.05) is 31.2 Å². The molecule has 168 valence electrons. The quantitative estimate of drug-likeness (QED) is 0.558. The van der Waals surface area contributed by atoms with E-state index in [-0.39, 0.29) is 28.9 Å². The number of carbonyl (C=O) groups is 2. The first-order valence-corrected chi connectivity index (χ1v) is 11.3. The third-order valence-electron chi connectivity index (χ3n) is 7.23. The van der Waals surface area contributed by atoms with E-state index in [9.17, 15) is 14.7 Å². The van der Waals surface area contributed by atoms with E-state index in [0.29, 0.717) is 12.1 Å². The number of carbonyl (C=O) groups excluding carboxylic acids is 2. The second-order valence-electron chi connectivity index (χ2n) is 9.33. The molecule has 1 saturated carbocycles. The smallest absolute Gasteiger partial charge is 0.251 e. The third kappa shape index (κ3) is 3.70. The van der Waals surface area contributed by atoms with Crippen LogP contribution in [0.2, 0.25) is 0 Å². The van der Waals surface area contributed by atoms with Crippen LogP contribution < -0.4 is 10.6 Å². The number of Topliss-reactive ketones (excluding diaryl/α,β-unsaturated/α-hetero) is 1. The average molecular weight is 442 g/mol. The highest BCUT2D eigenvalue weighted by Crippen LogP contribution is 2.52. The van der Waals surface area contributed by atoms with E-state index < -0.39 is 5.54 Å². The molecule has 0 radical (unpaired) electrons. The Bertz CT molecular complexity index is 1240. The zero-order valence-electron chi connectivity index (χ0n) is 18.8. The van der Waals surface area contributed by atoms with Crippen LogP contribution in [0.1, 0.15) is 48.2 Å². The second-order valence-corrected chi connectivity index (χ2v) is 9.33. The average Bonchev–Trinajstić information content (AvgIpc) is 3.59. The Morgan fingerprint density at radius 3 is 2.61 bits per heavy atom. The lowest BCUT2D eigenvalue weighted by Crippen LogP contribution is -2.42. The van der Waals surface area contributed by atoms with Crippen LogP contribution in [0, 0.1) is 5.92 Å². The summed E-state index contributed by atoms with van der Waals surface area (Å²) in [6.45, 7) is 4.29. The third-order valence-corrected chi connectivity index (χ3v) is 7.23. The lowest BCUT2D eigenvalue weighted by molar-refractivity contribution is -0.124. The van der Waals surface area contributed by atoms with Crippen molar-refractivity contribution in [2.75, 3.05) is 0 Å². The van der Waals surface area contributed by atoms with E-state index in [1.54, 1.807) is 36.7 Å². The normalized spacial score (nSPS) is 23.0. The van der Waals surface area contributed by atoms with Crippen molar-refractivity contribution in [3.05, 3.63) is 83.7 Å². The lowest BCUT2D eigenvalue weighted by Gasteiger charge is -2.25. The molecule has 1 aliphatic heterocycles. The Hall–Kier alpha value is -3.51. The van der Waals surface area contributed by atoms with Crippen molar-refractivity contribution >= 4 is 11.7 Å². The topological polar surface area (TPSA) is 91.3 Å². The number of aromatic nitrogens is 1. The minimum absolute atomic E-state index is 0.00844. The number of phenols is 1. The molecule has 33 heavy (non-hydrogen) atoms. The summed E-state index contributed by atoms with van der Waals surface area (Å²) in [6.07, 6.45) is 5.22. The van der Waals surface area contributed by atoms with Gasteiger partial charge in [-0.25, -0.2) is 0 Å². The molecule has 2 fully saturated rings. The zero-order valence-corrected chi connectivity index (χ0v) is 18.8. The van der Waals surface area contributed by atoms with Crippen molar-refractivity contribution in [2.24, 2.45) is 5.92 Å². The molecule has 1 spiro atoms. The van der Waals surface area contributed by atoms with E-state index in [0.717, 1.165) is 35.1 Å². The minimum atomic E-state index is -0.738. The molecule has 2 atom stereocenters. The van der Waals surface area contributed by atoms with Gasteiger partial charge in [0.1, 0.15) is 11.3 Å². The predicted molar refractivity (Wildman–Crippen MR) is 126 cm³/mol. The molecule has 1 saturated heterocycles. The molecule has 0 bridgehead atoms. The summed E-state index contributed by atoms with van der Waals surface area (Å²) in [5.74, 6) is 0.164. The zero-order chi connectivity index (χ0) is 23.2. The highest BCUT2D eigenvalue weighted by molar-refractivity contribution is 5.96. The highest BCUT2D eigenvalue weighted by Gasteiger charge is 2.62. The molecule has 1 aromatic heterocycles. The molecular formula is C27H27N3O3. The molecule has 3 N–H and O–H groups in total. The Balaban J connectivity index is 1.45. The number of ketones is 1.